The number of hydrogen-bond donors (Lipinski definition) is 0. The van der Waals surface area contributed by atoms with Crippen LogP contribution in [0.5, 0.6) is 0 Å². The average molecular weight is 894 g/mol. The second kappa shape index (κ2) is 19.8. The van der Waals surface area contributed by atoms with E-state index in [2.05, 4.69) is 91.2 Å². The molecule has 8 aromatic rings. The summed E-state index contributed by atoms with van der Waals surface area (Å²) >= 11 is 4.64. The van der Waals surface area contributed by atoms with Crippen LogP contribution in [0.25, 0.3) is 33.6 Å². The van der Waals surface area contributed by atoms with Crippen molar-refractivity contribution in [2.75, 3.05) is 29.3 Å². The summed E-state index contributed by atoms with van der Waals surface area (Å²) in [6, 6.07) is 48.4. The van der Waals surface area contributed by atoms with E-state index < -0.39 is 0 Å². The maximum absolute atomic E-state index is 13.6. The first-order chi connectivity index (χ1) is 32.1. The standard InChI is InChI=1S/C28H27N3O.C27H23N3O2.CH3Cl/c1-4-21-7-5-6-8-26(21)22-11-15-23(16-12-22)30-18-17-25-20(3)29-31(27(25)28(30)32)24-13-9-19(2)10-14-24;1-18-7-11-23(12-8-18)30-26-24(19(2)28-30)15-16-29(27(26)32)22-13-9-20(10-14-22)25-6-4-3-5-21(25)17-31;1-2/h5-16H,4,17-18H2,1-3H3;3-14,17H,15-16H2,1-2H3;1H3. The summed E-state index contributed by atoms with van der Waals surface area (Å²) in [6.45, 7) is 11.5. The summed E-state index contributed by atoms with van der Waals surface area (Å²) in [7, 11) is 0. The highest BCUT2D eigenvalue weighted by Crippen LogP contribution is 2.33. The van der Waals surface area contributed by atoms with Crippen LogP contribution in [-0.4, -0.2) is 57.1 Å². The quantitative estimate of drug-likeness (QED) is 0.112. The van der Waals surface area contributed by atoms with Crippen LogP contribution in [0, 0.1) is 27.7 Å². The molecule has 0 bridgehead atoms. The topological polar surface area (TPSA) is 93.3 Å². The molecule has 0 spiro atoms. The predicted octanol–water partition coefficient (Wildman–Crippen LogP) is 11.9. The van der Waals surface area contributed by atoms with Crippen LogP contribution >= 0.6 is 11.6 Å². The number of halogens is 1. The molecule has 0 saturated heterocycles. The van der Waals surface area contributed by atoms with Crippen molar-refractivity contribution >= 4 is 41.1 Å². The van der Waals surface area contributed by atoms with Crippen molar-refractivity contribution in [3.8, 4) is 33.6 Å². The Labute approximate surface area is 391 Å². The molecule has 2 amide bonds. The summed E-state index contributed by atoms with van der Waals surface area (Å²) in [6.07, 6.45) is 4.90. The number of alkyl halides is 1. The van der Waals surface area contributed by atoms with Crippen LogP contribution in [0.4, 0.5) is 11.4 Å². The molecular formula is C56H53ClN6O3. The molecule has 0 atom stereocenters. The van der Waals surface area contributed by atoms with E-state index in [4.69, 9.17) is 5.10 Å². The lowest BCUT2D eigenvalue weighted by atomic mass is 9.97. The lowest BCUT2D eigenvalue weighted by Gasteiger charge is -2.28. The van der Waals surface area contributed by atoms with Gasteiger partial charge in [0.15, 0.2) is 6.29 Å². The van der Waals surface area contributed by atoms with Crippen molar-refractivity contribution in [1.29, 1.82) is 0 Å². The monoisotopic (exact) mass is 892 g/mol. The summed E-state index contributed by atoms with van der Waals surface area (Å²) in [5.74, 6) is -0.0393. The van der Waals surface area contributed by atoms with Gasteiger partial charge in [0.1, 0.15) is 11.4 Å². The van der Waals surface area contributed by atoms with E-state index in [0.29, 0.717) is 30.0 Å². The Morgan fingerprint density at radius 3 is 1.35 bits per heavy atom. The van der Waals surface area contributed by atoms with Gasteiger partial charge in [-0.2, -0.15) is 10.2 Å². The van der Waals surface area contributed by atoms with Crippen LogP contribution in [0.3, 0.4) is 0 Å². The van der Waals surface area contributed by atoms with Gasteiger partial charge in [0.2, 0.25) is 0 Å². The van der Waals surface area contributed by atoms with Crippen LogP contribution in [-0.2, 0) is 19.3 Å². The van der Waals surface area contributed by atoms with E-state index in [1.807, 2.05) is 114 Å². The third-order valence-corrected chi connectivity index (χ3v) is 12.5. The van der Waals surface area contributed by atoms with Gasteiger partial charge in [0, 0.05) is 47.5 Å². The Kier molecular flexibility index (Phi) is 13.6. The van der Waals surface area contributed by atoms with Crippen LogP contribution < -0.4 is 9.80 Å². The van der Waals surface area contributed by atoms with E-state index in [1.54, 1.807) is 10.7 Å². The third-order valence-electron chi connectivity index (χ3n) is 12.5. The molecule has 10 heteroatoms. The summed E-state index contributed by atoms with van der Waals surface area (Å²) in [4.78, 5) is 42.2. The number of benzene rings is 6. The maximum Gasteiger partial charge on any atom is 0.277 e. The zero-order valence-corrected chi connectivity index (χ0v) is 39.0. The number of hydrogen-bond acceptors (Lipinski definition) is 5. The van der Waals surface area contributed by atoms with Crippen LogP contribution in [0.15, 0.2) is 146 Å². The summed E-state index contributed by atoms with van der Waals surface area (Å²) in [5, 5.41) is 9.39. The zero-order chi connectivity index (χ0) is 46.5. The number of nitrogens with zero attached hydrogens (tertiary/aromatic N) is 6. The van der Waals surface area contributed by atoms with Crippen LogP contribution in [0.1, 0.15) is 77.5 Å². The Morgan fingerprint density at radius 1 is 0.515 bits per heavy atom. The van der Waals surface area contributed by atoms with E-state index >= 15 is 0 Å². The predicted molar refractivity (Wildman–Crippen MR) is 267 cm³/mol. The molecule has 2 aliphatic heterocycles. The fourth-order valence-electron chi connectivity index (χ4n) is 8.92. The van der Waals surface area contributed by atoms with Gasteiger partial charge in [-0.3, -0.25) is 14.4 Å². The first-order valence-electron chi connectivity index (χ1n) is 22.3. The number of carbonyl (C=O) groups is 3. The Balaban J connectivity index is 0.000000173. The lowest BCUT2D eigenvalue weighted by Crippen LogP contribution is -2.38. The van der Waals surface area contributed by atoms with Crippen molar-refractivity contribution in [2.24, 2.45) is 0 Å². The number of anilines is 2. The van der Waals surface area contributed by atoms with Crippen molar-refractivity contribution in [3.63, 3.8) is 0 Å². The van der Waals surface area contributed by atoms with Crippen molar-refractivity contribution < 1.29 is 14.4 Å². The van der Waals surface area contributed by atoms with E-state index in [0.717, 1.165) is 87.5 Å². The highest BCUT2D eigenvalue weighted by Gasteiger charge is 2.33. The molecule has 10 rings (SSSR count). The lowest BCUT2D eigenvalue weighted by molar-refractivity contribution is 0.0965. The van der Waals surface area contributed by atoms with Crippen LogP contribution in [0.2, 0.25) is 0 Å². The first-order valence-corrected chi connectivity index (χ1v) is 23.0. The van der Waals surface area contributed by atoms with Crippen molar-refractivity contribution in [2.45, 2.75) is 53.9 Å². The molecule has 0 saturated carbocycles. The van der Waals surface area contributed by atoms with Gasteiger partial charge in [0.05, 0.1) is 22.8 Å². The normalized spacial score (nSPS) is 13.0. The maximum atomic E-state index is 13.6. The Morgan fingerprint density at radius 2 is 0.909 bits per heavy atom. The minimum atomic E-state index is -0.0477. The largest absolute Gasteiger partial charge is 0.307 e. The molecule has 66 heavy (non-hydrogen) atoms. The number of rotatable bonds is 8. The molecule has 0 aliphatic carbocycles. The summed E-state index contributed by atoms with van der Waals surface area (Å²) < 4.78 is 3.58. The second-order valence-corrected chi connectivity index (χ2v) is 16.5. The fourth-order valence-corrected chi connectivity index (χ4v) is 8.92. The van der Waals surface area contributed by atoms with Gasteiger partial charge in [-0.25, -0.2) is 9.36 Å². The molecule has 9 nitrogen and oxygen atoms in total. The molecule has 0 fully saturated rings. The number of aryl methyl sites for hydroxylation is 5. The molecule has 2 aromatic heterocycles. The van der Waals surface area contributed by atoms with Gasteiger partial charge in [0.25, 0.3) is 11.8 Å². The highest BCUT2D eigenvalue weighted by molar-refractivity contribution is 6.15. The minimum Gasteiger partial charge on any atom is -0.307 e. The van der Waals surface area contributed by atoms with Gasteiger partial charge in [-0.1, -0.05) is 115 Å². The highest BCUT2D eigenvalue weighted by atomic mass is 35.5. The van der Waals surface area contributed by atoms with E-state index in [1.165, 1.54) is 28.6 Å². The number of fused-ring (bicyclic) bond motifs is 2. The average Bonchev–Trinajstić information content (AvgIpc) is 3.89. The molecule has 0 unspecified atom stereocenters. The molecule has 6 aromatic carbocycles. The Bertz CT molecular complexity index is 3020. The molecular weight excluding hydrogens is 840 g/mol. The molecule has 0 N–H and O–H groups in total. The zero-order valence-electron chi connectivity index (χ0n) is 38.3. The Hall–Kier alpha value is -7.36. The molecule has 2 aliphatic rings. The minimum absolute atomic E-state index is 0.00846. The first kappa shape index (κ1) is 45.2. The fraction of sp³-hybridized carbons (Fsp3) is 0.196. The van der Waals surface area contributed by atoms with E-state index in [-0.39, 0.29) is 11.8 Å². The SMILES string of the molecule is CCc1ccccc1-c1ccc(N2CCc3c(C)nn(-c4ccc(C)cc4)c3C2=O)cc1.CCl.Cc1ccc(-n2nc(C)c3c2C(=O)N(c2ccc(-c4ccccc4C=O)cc2)CC3)cc1. The van der Waals surface area contributed by atoms with Gasteiger partial charge in [-0.15, -0.1) is 11.6 Å². The molecule has 4 heterocycles. The smallest absolute Gasteiger partial charge is 0.277 e. The molecule has 0 radical (unpaired) electrons. The number of carbonyl (C=O) groups excluding carboxylic acids is 3. The van der Waals surface area contributed by atoms with Gasteiger partial charge < -0.3 is 9.80 Å². The number of aromatic nitrogens is 4. The van der Waals surface area contributed by atoms with Gasteiger partial charge in [-0.05, 0) is 123 Å². The summed E-state index contributed by atoms with van der Waals surface area (Å²) in [5.41, 5.74) is 17.4. The number of aldehydes is 1. The molecule has 332 valence electrons. The van der Waals surface area contributed by atoms with Gasteiger partial charge >= 0.3 is 0 Å². The number of amides is 2. The van der Waals surface area contributed by atoms with Crippen molar-refractivity contribution in [3.05, 3.63) is 202 Å². The second-order valence-electron chi connectivity index (χ2n) is 16.5. The van der Waals surface area contributed by atoms with Crippen molar-refractivity contribution in [1.82, 2.24) is 19.6 Å². The van der Waals surface area contributed by atoms with E-state index in [9.17, 15) is 14.4 Å². The third kappa shape index (κ3) is 8.87.